The lowest BCUT2D eigenvalue weighted by Crippen LogP contribution is -1.97. The number of carbonyl (C=O) groups excluding carboxylic acids is 2. The molecule has 0 atom stereocenters. The first-order chi connectivity index (χ1) is 6.81. The Morgan fingerprint density at radius 2 is 1.79 bits per heavy atom. The van der Waals surface area contributed by atoms with Crippen LogP contribution in [-0.2, 0) is 9.59 Å². The molecule has 0 N–H and O–H groups in total. The van der Waals surface area contributed by atoms with Crippen LogP contribution < -0.4 is 0 Å². The van der Waals surface area contributed by atoms with Crippen LogP contribution in [0, 0.1) is 0 Å². The van der Waals surface area contributed by atoms with Gasteiger partial charge in [-0.05, 0) is 31.8 Å². The molecule has 0 aliphatic carbocycles. The molecule has 0 aliphatic heterocycles. The summed E-state index contributed by atoms with van der Waals surface area (Å²) >= 11 is 0. The third-order valence-electron chi connectivity index (χ3n) is 2.20. The van der Waals surface area contributed by atoms with Gasteiger partial charge in [0.2, 0.25) is 0 Å². The van der Waals surface area contributed by atoms with Crippen molar-refractivity contribution in [2.75, 3.05) is 0 Å². The Labute approximate surface area is 86.4 Å². The number of carbonyl (C=O) groups is 1. The molecular formula is C12H20O2. The van der Waals surface area contributed by atoms with Gasteiger partial charge in [0.05, 0.1) is 0 Å². The second kappa shape index (κ2) is 10.2. The SMILES string of the molecule is CCCCCC(=O)CCCCC=C=O. The smallest absolute Gasteiger partial charge is 0.132 e. The van der Waals surface area contributed by atoms with Crippen LogP contribution in [0.5, 0.6) is 0 Å². The molecule has 80 valence electrons. The van der Waals surface area contributed by atoms with Crippen LogP contribution in [0.4, 0.5) is 0 Å². The van der Waals surface area contributed by atoms with E-state index in [0.29, 0.717) is 12.2 Å². The molecule has 14 heavy (non-hydrogen) atoms. The molecule has 0 heterocycles. The molecule has 2 heteroatoms. The van der Waals surface area contributed by atoms with Gasteiger partial charge in [-0.2, -0.15) is 0 Å². The van der Waals surface area contributed by atoms with Crippen molar-refractivity contribution in [3.05, 3.63) is 6.08 Å². The molecule has 0 amide bonds. The van der Waals surface area contributed by atoms with Gasteiger partial charge in [0.1, 0.15) is 11.7 Å². The van der Waals surface area contributed by atoms with E-state index < -0.39 is 0 Å². The number of allylic oxidation sites excluding steroid dienone is 1. The van der Waals surface area contributed by atoms with E-state index in [4.69, 9.17) is 0 Å². The number of Topliss-reactive ketones (excluding diaryl/α,β-unsaturated/α-hetero) is 1. The van der Waals surface area contributed by atoms with E-state index >= 15 is 0 Å². The van der Waals surface area contributed by atoms with Crippen LogP contribution in [-0.4, -0.2) is 11.7 Å². The quantitative estimate of drug-likeness (QED) is 0.419. The van der Waals surface area contributed by atoms with Crippen molar-refractivity contribution in [1.82, 2.24) is 0 Å². The maximum Gasteiger partial charge on any atom is 0.132 e. The van der Waals surface area contributed by atoms with E-state index in [1.54, 1.807) is 5.94 Å². The largest absolute Gasteiger partial charge is 0.300 e. The van der Waals surface area contributed by atoms with E-state index in [-0.39, 0.29) is 0 Å². The van der Waals surface area contributed by atoms with Gasteiger partial charge in [0, 0.05) is 12.8 Å². The Hall–Kier alpha value is -0.880. The Bertz CT molecular complexity index is 190. The monoisotopic (exact) mass is 196 g/mol. The predicted octanol–water partition coefficient (Wildman–Crippen LogP) is 3.08. The van der Waals surface area contributed by atoms with Crippen molar-refractivity contribution in [3.8, 4) is 0 Å². The first kappa shape index (κ1) is 13.1. The summed E-state index contributed by atoms with van der Waals surface area (Å²) in [5.41, 5.74) is 0. The summed E-state index contributed by atoms with van der Waals surface area (Å²) in [5.74, 6) is 2.11. The van der Waals surface area contributed by atoms with E-state index in [0.717, 1.165) is 44.9 Å². The Morgan fingerprint density at radius 3 is 2.36 bits per heavy atom. The second-order valence-electron chi connectivity index (χ2n) is 3.56. The number of ketones is 1. The molecule has 0 aliphatic rings. The molecular weight excluding hydrogens is 176 g/mol. The van der Waals surface area contributed by atoms with Gasteiger partial charge in [-0.15, -0.1) is 0 Å². The minimum atomic E-state index is 0.369. The molecule has 0 fully saturated rings. The molecule has 0 bridgehead atoms. The average Bonchev–Trinajstić information content (AvgIpc) is 2.18. The highest BCUT2D eigenvalue weighted by Gasteiger charge is 2.00. The Kier molecular flexibility index (Phi) is 9.56. The van der Waals surface area contributed by atoms with E-state index in [9.17, 15) is 9.59 Å². The number of unbranched alkanes of at least 4 members (excludes halogenated alkanes) is 4. The van der Waals surface area contributed by atoms with Crippen molar-refractivity contribution in [1.29, 1.82) is 0 Å². The van der Waals surface area contributed by atoms with E-state index in [2.05, 4.69) is 6.92 Å². The van der Waals surface area contributed by atoms with Crippen molar-refractivity contribution >= 4 is 11.7 Å². The van der Waals surface area contributed by atoms with Crippen molar-refractivity contribution in [2.24, 2.45) is 0 Å². The van der Waals surface area contributed by atoms with Crippen molar-refractivity contribution in [2.45, 2.75) is 58.3 Å². The van der Waals surface area contributed by atoms with Gasteiger partial charge < -0.3 is 0 Å². The molecule has 2 nitrogen and oxygen atoms in total. The van der Waals surface area contributed by atoms with Gasteiger partial charge in [-0.1, -0.05) is 19.8 Å². The molecule has 0 rings (SSSR count). The zero-order chi connectivity index (χ0) is 10.6. The lowest BCUT2D eigenvalue weighted by atomic mass is 10.1. The summed E-state index contributed by atoms with van der Waals surface area (Å²) in [6.45, 7) is 2.14. The highest BCUT2D eigenvalue weighted by Crippen LogP contribution is 2.06. The minimum Gasteiger partial charge on any atom is -0.300 e. The van der Waals surface area contributed by atoms with Crippen LogP contribution >= 0.6 is 0 Å². The predicted molar refractivity (Wildman–Crippen MR) is 57.9 cm³/mol. The van der Waals surface area contributed by atoms with Crippen LogP contribution in [0.3, 0.4) is 0 Å². The fourth-order valence-electron chi connectivity index (χ4n) is 1.32. The summed E-state index contributed by atoms with van der Waals surface area (Å²) in [5, 5.41) is 0. The third-order valence-corrected chi connectivity index (χ3v) is 2.20. The van der Waals surface area contributed by atoms with Crippen LogP contribution in [0.15, 0.2) is 6.08 Å². The van der Waals surface area contributed by atoms with E-state index in [1.807, 2.05) is 0 Å². The highest BCUT2D eigenvalue weighted by atomic mass is 16.1. The first-order valence-corrected chi connectivity index (χ1v) is 5.52. The normalized spacial score (nSPS) is 9.50. The molecule has 0 saturated heterocycles. The van der Waals surface area contributed by atoms with Crippen molar-refractivity contribution in [3.63, 3.8) is 0 Å². The maximum absolute atomic E-state index is 11.3. The summed E-state index contributed by atoms with van der Waals surface area (Å²) in [4.78, 5) is 21.1. The molecule has 0 aromatic carbocycles. The van der Waals surface area contributed by atoms with Crippen LogP contribution in [0.1, 0.15) is 58.3 Å². The minimum absolute atomic E-state index is 0.369. The van der Waals surface area contributed by atoms with E-state index in [1.165, 1.54) is 6.08 Å². The van der Waals surface area contributed by atoms with Gasteiger partial charge in [-0.25, -0.2) is 4.79 Å². The van der Waals surface area contributed by atoms with Gasteiger partial charge >= 0.3 is 0 Å². The van der Waals surface area contributed by atoms with Gasteiger partial charge in [-0.3, -0.25) is 4.79 Å². The third kappa shape index (κ3) is 9.21. The Morgan fingerprint density at radius 1 is 1.14 bits per heavy atom. The lowest BCUT2D eigenvalue weighted by molar-refractivity contribution is -0.119. The maximum atomic E-state index is 11.3. The zero-order valence-electron chi connectivity index (χ0n) is 9.05. The number of hydrogen-bond acceptors (Lipinski definition) is 2. The first-order valence-electron chi connectivity index (χ1n) is 5.52. The molecule has 0 spiro atoms. The topological polar surface area (TPSA) is 34.1 Å². The highest BCUT2D eigenvalue weighted by molar-refractivity contribution is 5.78. The van der Waals surface area contributed by atoms with Crippen molar-refractivity contribution < 1.29 is 9.59 Å². The molecule has 0 saturated carbocycles. The number of hydrogen-bond donors (Lipinski definition) is 0. The molecule has 0 unspecified atom stereocenters. The van der Waals surface area contributed by atoms with Gasteiger partial charge in [0.15, 0.2) is 0 Å². The summed E-state index contributed by atoms with van der Waals surface area (Å²) < 4.78 is 0. The van der Waals surface area contributed by atoms with Crippen LogP contribution in [0.25, 0.3) is 0 Å². The second-order valence-corrected chi connectivity index (χ2v) is 3.56. The molecule has 0 aromatic heterocycles. The zero-order valence-corrected chi connectivity index (χ0v) is 9.05. The van der Waals surface area contributed by atoms with Gasteiger partial charge in [0.25, 0.3) is 0 Å². The molecule has 0 radical (unpaired) electrons. The number of rotatable bonds is 9. The molecule has 0 aromatic rings. The lowest BCUT2D eigenvalue weighted by Gasteiger charge is -1.98. The average molecular weight is 196 g/mol. The summed E-state index contributed by atoms with van der Waals surface area (Å²) in [7, 11) is 0. The summed E-state index contributed by atoms with van der Waals surface area (Å²) in [6.07, 6.45) is 8.83. The Balaban J connectivity index is 3.22. The standard InChI is InChI=1S/C12H20O2/c1-2-3-6-9-12(14)10-7-4-5-8-11-13/h8H,2-7,9-10H2,1H3. The fraction of sp³-hybridized carbons (Fsp3) is 0.750. The fourth-order valence-corrected chi connectivity index (χ4v) is 1.32. The summed E-state index contributed by atoms with van der Waals surface area (Å²) in [6, 6.07) is 0. The van der Waals surface area contributed by atoms with Crippen LogP contribution in [0.2, 0.25) is 0 Å².